The molecule has 3 heterocycles. The Labute approximate surface area is 198 Å². The van der Waals surface area contributed by atoms with Crippen molar-refractivity contribution in [2.24, 2.45) is 0 Å². The number of piperazine rings is 1. The van der Waals surface area contributed by atoms with E-state index in [9.17, 15) is 0 Å². The summed E-state index contributed by atoms with van der Waals surface area (Å²) in [5.74, 6) is 2.46. The van der Waals surface area contributed by atoms with Crippen molar-refractivity contribution in [3.63, 3.8) is 0 Å². The zero-order chi connectivity index (χ0) is 21.8. The number of rotatable bonds is 8. The van der Waals surface area contributed by atoms with Crippen molar-refractivity contribution in [2.75, 3.05) is 39.5 Å². The van der Waals surface area contributed by atoms with Crippen LogP contribution in [0.15, 0.2) is 60.0 Å². The third-order valence-electron chi connectivity index (χ3n) is 5.98. The molecule has 5 nitrogen and oxygen atoms in total. The molecule has 1 unspecified atom stereocenters. The molecule has 0 saturated carbocycles. The Morgan fingerprint density at radius 1 is 0.938 bits per heavy atom. The first kappa shape index (κ1) is 21.6. The van der Waals surface area contributed by atoms with Crippen LogP contribution >= 0.6 is 22.9 Å². The fourth-order valence-electron chi connectivity index (χ4n) is 4.20. The van der Waals surface area contributed by atoms with E-state index in [0.717, 1.165) is 62.9 Å². The van der Waals surface area contributed by atoms with Crippen LogP contribution in [-0.2, 0) is 6.54 Å². The topological polar surface area (TPSA) is 34.2 Å². The van der Waals surface area contributed by atoms with Gasteiger partial charge in [-0.15, -0.1) is 11.3 Å². The Morgan fingerprint density at radius 2 is 1.75 bits per heavy atom. The third kappa shape index (κ3) is 5.21. The molecule has 5 rings (SSSR count). The van der Waals surface area contributed by atoms with Gasteiger partial charge in [0.25, 0.3) is 0 Å². The van der Waals surface area contributed by atoms with Gasteiger partial charge < -0.3 is 19.1 Å². The molecule has 7 heteroatoms. The van der Waals surface area contributed by atoms with Gasteiger partial charge in [0, 0.05) is 50.6 Å². The molecule has 0 spiro atoms. The molecule has 0 bridgehead atoms. The summed E-state index contributed by atoms with van der Waals surface area (Å²) < 4.78 is 17.3. The van der Waals surface area contributed by atoms with Gasteiger partial charge in [-0.05, 0) is 41.3 Å². The molecule has 1 aromatic heterocycles. The molecule has 2 aromatic carbocycles. The van der Waals surface area contributed by atoms with Crippen molar-refractivity contribution in [2.45, 2.75) is 19.1 Å². The maximum absolute atomic E-state index is 6.34. The van der Waals surface area contributed by atoms with Crippen LogP contribution in [-0.4, -0.2) is 49.3 Å². The average Bonchev–Trinajstić information content (AvgIpc) is 3.51. The van der Waals surface area contributed by atoms with E-state index in [2.05, 4.69) is 39.4 Å². The van der Waals surface area contributed by atoms with Crippen LogP contribution in [0, 0.1) is 0 Å². The molecule has 0 aliphatic carbocycles. The number of hydrogen-bond donors (Lipinski definition) is 0. The number of fused-ring (bicyclic) bond motifs is 1. The van der Waals surface area contributed by atoms with Crippen LogP contribution in [0.2, 0.25) is 5.02 Å². The van der Waals surface area contributed by atoms with Crippen molar-refractivity contribution < 1.29 is 14.2 Å². The molecule has 3 aromatic rings. The summed E-state index contributed by atoms with van der Waals surface area (Å²) in [6.45, 7) is 6.52. The van der Waals surface area contributed by atoms with Crippen LogP contribution in [0.3, 0.4) is 0 Å². The largest absolute Gasteiger partial charge is 0.483 e. The van der Waals surface area contributed by atoms with Gasteiger partial charge in [-0.2, -0.15) is 0 Å². The van der Waals surface area contributed by atoms with Gasteiger partial charge in [-0.25, -0.2) is 0 Å². The molecule has 0 radical (unpaired) electrons. The summed E-state index contributed by atoms with van der Waals surface area (Å²) in [4.78, 5) is 6.28. The van der Waals surface area contributed by atoms with Crippen molar-refractivity contribution in [1.82, 2.24) is 9.80 Å². The van der Waals surface area contributed by atoms with Gasteiger partial charge in [0.2, 0.25) is 6.79 Å². The quantitative estimate of drug-likeness (QED) is 0.436. The molecule has 0 amide bonds. The highest BCUT2D eigenvalue weighted by molar-refractivity contribution is 7.10. The van der Waals surface area contributed by atoms with Crippen molar-refractivity contribution >= 4 is 22.9 Å². The van der Waals surface area contributed by atoms with Gasteiger partial charge in [-0.1, -0.05) is 35.9 Å². The van der Waals surface area contributed by atoms with Crippen molar-refractivity contribution in [3.8, 4) is 17.2 Å². The Hall–Kier alpha value is -2.25. The second kappa shape index (κ2) is 10.1. The fourth-order valence-corrected chi connectivity index (χ4v) is 5.17. The normalized spacial score (nSPS) is 17.4. The molecule has 0 N–H and O–H groups in total. The number of hydrogen-bond acceptors (Lipinski definition) is 6. The minimum atomic E-state index is 0.0153. The zero-order valence-electron chi connectivity index (χ0n) is 17.9. The van der Waals surface area contributed by atoms with Crippen LogP contribution in [0.1, 0.15) is 23.0 Å². The van der Waals surface area contributed by atoms with E-state index >= 15 is 0 Å². The lowest BCUT2D eigenvalue weighted by Crippen LogP contribution is -2.46. The summed E-state index contributed by atoms with van der Waals surface area (Å²) in [6.07, 6.45) is 0.954. The lowest BCUT2D eigenvalue weighted by molar-refractivity contribution is 0.107. The number of nitrogens with zero attached hydrogens (tertiary/aromatic N) is 2. The lowest BCUT2D eigenvalue weighted by Gasteiger charge is -2.35. The number of thiophene rings is 1. The number of halogens is 1. The first-order valence-electron chi connectivity index (χ1n) is 11.0. The lowest BCUT2D eigenvalue weighted by atomic mass is 10.1. The molecule has 1 fully saturated rings. The van der Waals surface area contributed by atoms with E-state index in [-0.39, 0.29) is 6.10 Å². The summed E-state index contributed by atoms with van der Waals surface area (Å²) in [6, 6.07) is 18.2. The highest BCUT2D eigenvalue weighted by atomic mass is 35.5. The predicted molar refractivity (Wildman–Crippen MR) is 128 cm³/mol. The molecule has 1 atom stereocenters. The minimum Gasteiger partial charge on any atom is -0.483 e. The monoisotopic (exact) mass is 470 g/mol. The Morgan fingerprint density at radius 3 is 2.56 bits per heavy atom. The average molecular weight is 471 g/mol. The molecular weight excluding hydrogens is 444 g/mol. The van der Waals surface area contributed by atoms with Gasteiger partial charge in [0.05, 0.1) is 5.02 Å². The molecule has 2 aliphatic rings. The van der Waals surface area contributed by atoms with Gasteiger partial charge in [-0.3, -0.25) is 4.90 Å². The summed E-state index contributed by atoms with van der Waals surface area (Å²) in [5.41, 5.74) is 1.27. The first-order chi connectivity index (χ1) is 15.7. The van der Waals surface area contributed by atoms with Crippen LogP contribution in [0.25, 0.3) is 0 Å². The predicted octanol–water partition coefficient (Wildman–Crippen LogP) is 5.46. The standard InChI is InChI=1S/C25H27ClN2O3S/c26-20-4-1-2-5-21(20)31-23(25-6-3-15-32-25)9-10-27-11-13-28(14-12-27)17-19-7-8-22-24(16-19)30-18-29-22/h1-8,15-16,23H,9-14,17-18H2. The fraction of sp³-hybridized carbons (Fsp3) is 0.360. The number of para-hydroxylation sites is 1. The van der Waals surface area contributed by atoms with Crippen LogP contribution in [0.4, 0.5) is 0 Å². The second-order valence-electron chi connectivity index (χ2n) is 8.15. The Kier molecular flexibility index (Phi) is 6.83. The smallest absolute Gasteiger partial charge is 0.231 e. The molecule has 32 heavy (non-hydrogen) atoms. The van der Waals surface area contributed by atoms with Crippen molar-refractivity contribution in [1.29, 1.82) is 0 Å². The number of ether oxygens (including phenoxy) is 3. The maximum Gasteiger partial charge on any atom is 0.231 e. The Bertz CT molecular complexity index is 1020. The minimum absolute atomic E-state index is 0.0153. The molecule has 2 aliphatic heterocycles. The van der Waals surface area contributed by atoms with E-state index in [1.54, 1.807) is 11.3 Å². The summed E-state index contributed by atoms with van der Waals surface area (Å²) in [7, 11) is 0. The van der Waals surface area contributed by atoms with Gasteiger partial charge >= 0.3 is 0 Å². The second-order valence-corrected chi connectivity index (χ2v) is 9.53. The van der Waals surface area contributed by atoms with Crippen LogP contribution < -0.4 is 14.2 Å². The zero-order valence-corrected chi connectivity index (χ0v) is 19.5. The summed E-state index contributed by atoms with van der Waals surface area (Å²) in [5, 5.41) is 2.76. The van der Waals surface area contributed by atoms with Gasteiger partial charge in [0.1, 0.15) is 11.9 Å². The maximum atomic E-state index is 6.34. The van der Waals surface area contributed by atoms with E-state index < -0.39 is 0 Å². The Balaban J connectivity index is 1.13. The summed E-state index contributed by atoms with van der Waals surface area (Å²) >= 11 is 8.08. The van der Waals surface area contributed by atoms with E-state index in [1.807, 2.05) is 30.3 Å². The van der Waals surface area contributed by atoms with Crippen LogP contribution in [0.5, 0.6) is 17.2 Å². The first-order valence-corrected chi connectivity index (χ1v) is 12.3. The highest BCUT2D eigenvalue weighted by Crippen LogP contribution is 2.34. The van der Waals surface area contributed by atoms with E-state index in [0.29, 0.717) is 11.8 Å². The van der Waals surface area contributed by atoms with Crippen molar-refractivity contribution in [3.05, 3.63) is 75.4 Å². The molecule has 1 saturated heterocycles. The molecular formula is C25H27ClN2O3S. The SMILES string of the molecule is Clc1ccccc1OC(CCN1CCN(Cc2ccc3c(c2)OCO3)CC1)c1cccs1. The van der Waals surface area contributed by atoms with Gasteiger partial charge in [0.15, 0.2) is 11.5 Å². The van der Waals surface area contributed by atoms with E-state index in [1.165, 1.54) is 10.4 Å². The third-order valence-corrected chi connectivity index (χ3v) is 7.26. The highest BCUT2D eigenvalue weighted by Gasteiger charge is 2.22. The molecule has 168 valence electrons. The number of benzene rings is 2. The van der Waals surface area contributed by atoms with E-state index in [4.69, 9.17) is 25.8 Å².